The minimum atomic E-state index is -3.21. The van der Waals surface area contributed by atoms with Gasteiger partial charge in [0.2, 0.25) is 0 Å². The van der Waals surface area contributed by atoms with Crippen LogP contribution in [0, 0.1) is 0 Å². The summed E-state index contributed by atoms with van der Waals surface area (Å²) in [5.41, 5.74) is 0. The van der Waals surface area contributed by atoms with Crippen molar-refractivity contribution >= 4 is 10.1 Å². The highest BCUT2D eigenvalue weighted by molar-refractivity contribution is 7.86. The smallest absolute Gasteiger partial charge is 0.267 e. The summed E-state index contributed by atoms with van der Waals surface area (Å²) in [6.45, 7) is 4.02. The van der Waals surface area contributed by atoms with Crippen molar-refractivity contribution in [2.45, 2.75) is 39.5 Å². The van der Waals surface area contributed by atoms with Gasteiger partial charge >= 0.3 is 0 Å². The van der Waals surface area contributed by atoms with E-state index >= 15 is 0 Å². The molecular weight excluding hydrogens is 190 g/mol. The lowest BCUT2D eigenvalue weighted by Gasteiger charge is -2.01. The van der Waals surface area contributed by atoms with E-state index in [-0.39, 0.29) is 18.5 Å². The molecule has 13 heavy (non-hydrogen) atoms. The first-order valence-corrected chi connectivity index (χ1v) is 6.07. The average molecular weight is 211 g/mol. The molecule has 0 heterocycles. The zero-order valence-electron chi connectivity index (χ0n) is 8.58. The Bertz CT molecular complexity index is 190. The quantitative estimate of drug-likeness (QED) is 0.516. The van der Waals surface area contributed by atoms with Crippen molar-refractivity contribution in [3.05, 3.63) is 0 Å². The van der Waals surface area contributed by atoms with Crippen LogP contribution in [0.15, 0.2) is 0 Å². The molecule has 0 aromatic carbocycles. The third-order valence-corrected chi connectivity index (χ3v) is 2.93. The van der Waals surface area contributed by atoms with E-state index in [0.717, 1.165) is 25.7 Å². The summed E-state index contributed by atoms with van der Waals surface area (Å²) in [7, 11) is -3.21. The van der Waals surface area contributed by atoms with Gasteiger partial charge in [0.15, 0.2) is 0 Å². The molecule has 5 heteroatoms. The fourth-order valence-electron chi connectivity index (χ4n) is 0.944. The zero-order chi connectivity index (χ0) is 9.45. The molecule has 4 nitrogen and oxygen atoms in total. The van der Waals surface area contributed by atoms with Gasteiger partial charge < -0.3 is 6.15 Å². The standard InChI is InChI=1S/C8H18O3S.H3N/c1-3-5-6-7-8-12(9,10)11-4-2;/h3-8H2,1-2H3;1H3. The third kappa shape index (κ3) is 9.79. The molecule has 0 aliphatic heterocycles. The van der Waals surface area contributed by atoms with Crippen molar-refractivity contribution in [2.75, 3.05) is 12.4 Å². The Morgan fingerprint density at radius 1 is 1.08 bits per heavy atom. The van der Waals surface area contributed by atoms with Crippen molar-refractivity contribution < 1.29 is 12.6 Å². The van der Waals surface area contributed by atoms with Crippen LogP contribution < -0.4 is 6.15 Å². The summed E-state index contributed by atoms with van der Waals surface area (Å²) >= 11 is 0. The monoisotopic (exact) mass is 211 g/mol. The van der Waals surface area contributed by atoms with E-state index in [1.165, 1.54) is 0 Å². The molecule has 0 unspecified atom stereocenters. The van der Waals surface area contributed by atoms with Crippen LogP contribution >= 0.6 is 0 Å². The third-order valence-electron chi connectivity index (χ3n) is 1.55. The lowest BCUT2D eigenvalue weighted by Crippen LogP contribution is -2.10. The van der Waals surface area contributed by atoms with Crippen molar-refractivity contribution in [3.63, 3.8) is 0 Å². The van der Waals surface area contributed by atoms with Gasteiger partial charge in [0.25, 0.3) is 10.1 Å². The van der Waals surface area contributed by atoms with Gasteiger partial charge in [-0.3, -0.25) is 4.18 Å². The largest absolute Gasteiger partial charge is 0.344 e. The molecule has 82 valence electrons. The molecule has 0 fully saturated rings. The van der Waals surface area contributed by atoms with Crippen LogP contribution in [0.1, 0.15) is 39.5 Å². The second kappa shape index (κ2) is 8.47. The van der Waals surface area contributed by atoms with E-state index < -0.39 is 10.1 Å². The number of unbranched alkanes of at least 4 members (excludes halogenated alkanes) is 3. The Morgan fingerprint density at radius 3 is 2.15 bits per heavy atom. The maximum Gasteiger partial charge on any atom is 0.267 e. The summed E-state index contributed by atoms with van der Waals surface area (Å²) in [6.07, 6.45) is 3.91. The normalized spacial score (nSPS) is 10.9. The van der Waals surface area contributed by atoms with Gasteiger partial charge in [0.1, 0.15) is 0 Å². The lowest BCUT2D eigenvalue weighted by molar-refractivity contribution is 0.337. The predicted molar refractivity (Wildman–Crippen MR) is 54.6 cm³/mol. The van der Waals surface area contributed by atoms with Crippen LogP contribution in [0.2, 0.25) is 0 Å². The molecule has 3 N–H and O–H groups in total. The van der Waals surface area contributed by atoms with E-state index in [1.807, 2.05) is 0 Å². The topological polar surface area (TPSA) is 78.4 Å². The predicted octanol–water partition coefficient (Wildman–Crippen LogP) is 2.10. The molecule has 0 aliphatic rings. The van der Waals surface area contributed by atoms with Gasteiger partial charge in [-0.15, -0.1) is 0 Å². The minimum absolute atomic E-state index is 0. The summed E-state index contributed by atoms with van der Waals surface area (Å²) < 4.78 is 26.5. The molecule has 0 aromatic rings. The maximum absolute atomic E-state index is 11.0. The van der Waals surface area contributed by atoms with Crippen molar-refractivity contribution in [1.82, 2.24) is 6.15 Å². The first-order chi connectivity index (χ1) is 5.62. The fraction of sp³-hybridized carbons (Fsp3) is 1.00. The van der Waals surface area contributed by atoms with E-state index in [4.69, 9.17) is 0 Å². The van der Waals surface area contributed by atoms with E-state index in [2.05, 4.69) is 11.1 Å². The highest BCUT2D eigenvalue weighted by Crippen LogP contribution is 2.03. The minimum Gasteiger partial charge on any atom is -0.344 e. The molecule has 0 aromatic heterocycles. The number of hydrogen-bond acceptors (Lipinski definition) is 4. The van der Waals surface area contributed by atoms with Gasteiger partial charge in [-0.1, -0.05) is 26.2 Å². The molecule has 0 amide bonds. The van der Waals surface area contributed by atoms with Crippen LogP contribution in [0.3, 0.4) is 0 Å². The summed E-state index contributed by atoms with van der Waals surface area (Å²) in [6, 6.07) is 0. The van der Waals surface area contributed by atoms with Crippen LogP contribution in [0.5, 0.6) is 0 Å². The van der Waals surface area contributed by atoms with Crippen molar-refractivity contribution in [2.24, 2.45) is 0 Å². The molecule has 0 atom stereocenters. The number of rotatable bonds is 7. The van der Waals surface area contributed by atoms with Gasteiger partial charge in [0, 0.05) is 0 Å². The Kier molecular flexibility index (Phi) is 10.00. The number of hydrogen-bond donors (Lipinski definition) is 1. The maximum atomic E-state index is 11.0. The molecule has 0 bridgehead atoms. The second-order valence-electron chi connectivity index (χ2n) is 2.73. The average Bonchev–Trinajstić information content (AvgIpc) is 1.98. The lowest BCUT2D eigenvalue weighted by atomic mass is 10.2. The summed E-state index contributed by atoms with van der Waals surface area (Å²) in [5.74, 6) is 0.167. The molecule has 0 aliphatic carbocycles. The second-order valence-corrected chi connectivity index (χ2v) is 4.49. The van der Waals surface area contributed by atoms with Gasteiger partial charge in [-0.25, -0.2) is 0 Å². The highest BCUT2D eigenvalue weighted by Gasteiger charge is 2.08. The molecular formula is C8H21NO3S. The Balaban J connectivity index is 0. The van der Waals surface area contributed by atoms with E-state index in [1.54, 1.807) is 6.92 Å². The SMILES string of the molecule is CCCCCCS(=O)(=O)OCC.N. The summed E-state index contributed by atoms with van der Waals surface area (Å²) in [4.78, 5) is 0. The van der Waals surface area contributed by atoms with Crippen LogP contribution in [-0.2, 0) is 14.3 Å². The van der Waals surface area contributed by atoms with Crippen LogP contribution in [0.4, 0.5) is 0 Å². The first-order valence-electron chi connectivity index (χ1n) is 4.49. The first kappa shape index (κ1) is 15.3. The zero-order valence-corrected chi connectivity index (χ0v) is 9.40. The Morgan fingerprint density at radius 2 is 1.69 bits per heavy atom. The molecule has 0 rings (SSSR count). The molecule has 0 saturated heterocycles. The van der Waals surface area contributed by atoms with Crippen LogP contribution in [0.25, 0.3) is 0 Å². The Hall–Kier alpha value is -0.130. The summed E-state index contributed by atoms with van der Waals surface area (Å²) in [5, 5.41) is 0. The van der Waals surface area contributed by atoms with Crippen molar-refractivity contribution in [1.29, 1.82) is 0 Å². The van der Waals surface area contributed by atoms with Crippen LogP contribution in [-0.4, -0.2) is 20.8 Å². The fourth-order valence-corrected chi connectivity index (χ4v) is 1.98. The van der Waals surface area contributed by atoms with Gasteiger partial charge in [0.05, 0.1) is 12.4 Å². The molecule has 0 saturated carbocycles. The van der Waals surface area contributed by atoms with E-state index in [9.17, 15) is 8.42 Å². The molecule has 0 spiro atoms. The highest BCUT2D eigenvalue weighted by atomic mass is 32.2. The Labute approximate surface area is 81.4 Å². The van der Waals surface area contributed by atoms with E-state index in [0.29, 0.717) is 0 Å². The van der Waals surface area contributed by atoms with Crippen molar-refractivity contribution in [3.8, 4) is 0 Å². The van der Waals surface area contributed by atoms with Gasteiger partial charge in [-0.2, -0.15) is 8.42 Å². The van der Waals surface area contributed by atoms with Gasteiger partial charge in [-0.05, 0) is 13.3 Å². The molecule has 0 radical (unpaired) electrons.